The highest BCUT2D eigenvalue weighted by Crippen LogP contribution is 2.16. The van der Waals surface area contributed by atoms with Crippen LogP contribution in [0.5, 0.6) is 0 Å². The van der Waals surface area contributed by atoms with E-state index in [2.05, 4.69) is 10.2 Å². The quantitative estimate of drug-likeness (QED) is 0.745. The van der Waals surface area contributed by atoms with E-state index in [1.165, 1.54) is 5.56 Å². The van der Waals surface area contributed by atoms with Gasteiger partial charge in [-0.25, -0.2) is 0 Å². The Morgan fingerprint density at radius 1 is 1.28 bits per heavy atom. The monoisotopic (exact) mass is 347 g/mol. The molecule has 1 aromatic rings. The van der Waals surface area contributed by atoms with Crippen LogP contribution in [0.4, 0.5) is 0 Å². The summed E-state index contributed by atoms with van der Waals surface area (Å²) in [5.41, 5.74) is 2.32. The van der Waals surface area contributed by atoms with E-state index in [-0.39, 0.29) is 12.5 Å². The van der Waals surface area contributed by atoms with Crippen molar-refractivity contribution in [3.05, 3.63) is 35.4 Å². The number of amides is 1. The fourth-order valence-corrected chi connectivity index (χ4v) is 3.38. The number of rotatable bonds is 8. The molecule has 0 saturated carbocycles. The molecule has 0 spiro atoms. The Labute approximate surface area is 149 Å². The lowest BCUT2D eigenvalue weighted by Crippen LogP contribution is -2.48. The summed E-state index contributed by atoms with van der Waals surface area (Å²) < 4.78 is 0. The summed E-state index contributed by atoms with van der Waals surface area (Å²) in [5, 5.41) is 12.0. The Hall–Kier alpha value is -1.92. The lowest BCUT2D eigenvalue weighted by atomic mass is 10.0. The van der Waals surface area contributed by atoms with Gasteiger partial charge in [0.2, 0.25) is 5.91 Å². The van der Waals surface area contributed by atoms with Crippen LogP contribution in [0, 0.1) is 6.92 Å². The summed E-state index contributed by atoms with van der Waals surface area (Å²) in [4.78, 5) is 27.3. The first-order valence-electron chi connectivity index (χ1n) is 8.99. The van der Waals surface area contributed by atoms with Crippen molar-refractivity contribution < 1.29 is 14.7 Å². The first-order valence-corrected chi connectivity index (χ1v) is 8.99. The number of carbonyl (C=O) groups is 2. The number of likely N-dealkylation sites (N-methyl/N-ethyl adjacent to an activating group) is 1. The van der Waals surface area contributed by atoms with Crippen LogP contribution in [0.25, 0.3) is 0 Å². The molecule has 1 aromatic carbocycles. The van der Waals surface area contributed by atoms with Gasteiger partial charge >= 0.3 is 5.97 Å². The molecule has 1 aliphatic heterocycles. The maximum atomic E-state index is 12.2. The van der Waals surface area contributed by atoms with Crippen molar-refractivity contribution in [3.63, 3.8) is 0 Å². The molecule has 0 radical (unpaired) electrons. The third kappa shape index (κ3) is 6.14. The number of hydrogen-bond donors (Lipinski definition) is 2. The van der Waals surface area contributed by atoms with E-state index in [9.17, 15) is 9.59 Å². The predicted octanol–water partition coefficient (Wildman–Crippen LogP) is 1.48. The Morgan fingerprint density at radius 2 is 1.96 bits per heavy atom. The second-order valence-corrected chi connectivity index (χ2v) is 6.67. The van der Waals surface area contributed by atoms with Crippen molar-refractivity contribution in [2.45, 2.75) is 39.3 Å². The number of nitrogens with one attached hydrogen (secondary N) is 1. The molecule has 0 atom stereocenters. The standard InChI is InChI=1S/C19H29N3O3/c1-3-22(14-19(24)25)17-8-10-21(11-9-17)13-18(23)20-12-16-7-5-4-6-15(16)2/h4-7,17H,3,8-14H2,1-2H3,(H,20,23)(H,24,25). The van der Waals surface area contributed by atoms with Crippen LogP contribution in [0.1, 0.15) is 30.9 Å². The zero-order valence-electron chi connectivity index (χ0n) is 15.2. The largest absolute Gasteiger partial charge is 0.480 e. The summed E-state index contributed by atoms with van der Waals surface area (Å²) in [6.45, 7) is 7.51. The first kappa shape index (κ1) is 19.4. The second kappa shape index (κ2) is 9.53. The van der Waals surface area contributed by atoms with E-state index in [1.54, 1.807) is 0 Å². The first-order chi connectivity index (χ1) is 12.0. The number of aliphatic carboxylic acids is 1. The summed E-state index contributed by atoms with van der Waals surface area (Å²) >= 11 is 0. The van der Waals surface area contributed by atoms with Crippen LogP contribution in [0.3, 0.4) is 0 Å². The molecule has 6 heteroatoms. The van der Waals surface area contributed by atoms with Crippen molar-refractivity contribution >= 4 is 11.9 Å². The lowest BCUT2D eigenvalue weighted by Gasteiger charge is -2.37. The Bertz CT molecular complexity index is 583. The third-order valence-electron chi connectivity index (χ3n) is 4.92. The van der Waals surface area contributed by atoms with Crippen molar-refractivity contribution in [2.24, 2.45) is 0 Å². The summed E-state index contributed by atoms with van der Waals surface area (Å²) in [6.07, 6.45) is 1.82. The Morgan fingerprint density at radius 3 is 2.56 bits per heavy atom. The number of nitrogens with zero attached hydrogens (tertiary/aromatic N) is 2. The molecule has 1 fully saturated rings. The van der Waals surface area contributed by atoms with Gasteiger partial charge in [-0.15, -0.1) is 0 Å². The highest BCUT2D eigenvalue weighted by atomic mass is 16.4. The molecule has 0 bridgehead atoms. The maximum Gasteiger partial charge on any atom is 0.317 e. The van der Waals surface area contributed by atoms with Crippen LogP contribution >= 0.6 is 0 Å². The number of benzene rings is 1. The molecule has 2 rings (SSSR count). The van der Waals surface area contributed by atoms with Gasteiger partial charge in [0.15, 0.2) is 0 Å². The Balaban J connectivity index is 1.73. The van der Waals surface area contributed by atoms with E-state index < -0.39 is 5.97 Å². The van der Waals surface area contributed by atoms with Gasteiger partial charge in [-0.2, -0.15) is 0 Å². The van der Waals surface area contributed by atoms with Crippen LogP contribution in [0.15, 0.2) is 24.3 Å². The van der Waals surface area contributed by atoms with Gasteiger partial charge in [0.25, 0.3) is 0 Å². The minimum atomic E-state index is -0.778. The number of aryl methyl sites for hydroxylation is 1. The van der Waals surface area contributed by atoms with Crippen molar-refractivity contribution in [1.82, 2.24) is 15.1 Å². The normalized spacial score (nSPS) is 16.1. The van der Waals surface area contributed by atoms with Gasteiger partial charge < -0.3 is 10.4 Å². The van der Waals surface area contributed by atoms with Crippen LogP contribution < -0.4 is 5.32 Å². The maximum absolute atomic E-state index is 12.2. The molecule has 1 saturated heterocycles. The number of carbonyl (C=O) groups excluding carboxylic acids is 1. The molecule has 0 aliphatic carbocycles. The number of likely N-dealkylation sites (tertiary alicyclic amines) is 1. The highest BCUT2D eigenvalue weighted by molar-refractivity contribution is 5.78. The number of piperidine rings is 1. The highest BCUT2D eigenvalue weighted by Gasteiger charge is 2.25. The van der Waals surface area contributed by atoms with E-state index >= 15 is 0 Å². The van der Waals surface area contributed by atoms with E-state index in [4.69, 9.17) is 5.11 Å². The van der Waals surface area contributed by atoms with Crippen molar-refractivity contribution in [2.75, 3.05) is 32.7 Å². The molecule has 138 valence electrons. The average Bonchev–Trinajstić information content (AvgIpc) is 2.59. The number of carboxylic acids is 1. The minimum absolute atomic E-state index is 0.0413. The van der Waals surface area contributed by atoms with Gasteiger partial charge in [0.1, 0.15) is 0 Å². The summed E-state index contributed by atoms with van der Waals surface area (Å²) in [7, 11) is 0. The molecule has 1 heterocycles. The SMILES string of the molecule is CCN(CC(=O)O)C1CCN(CC(=O)NCc2ccccc2C)CC1. The molecular weight excluding hydrogens is 318 g/mol. The molecule has 2 N–H and O–H groups in total. The fourth-order valence-electron chi connectivity index (χ4n) is 3.38. The minimum Gasteiger partial charge on any atom is -0.480 e. The third-order valence-corrected chi connectivity index (χ3v) is 4.92. The van der Waals surface area contributed by atoms with Crippen LogP contribution in [-0.4, -0.2) is 65.5 Å². The van der Waals surface area contributed by atoms with E-state index in [1.807, 2.05) is 43.0 Å². The molecule has 1 amide bonds. The van der Waals surface area contributed by atoms with Crippen LogP contribution in [0.2, 0.25) is 0 Å². The molecular formula is C19H29N3O3. The van der Waals surface area contributed by atoms with Gasteiger partial charge in [-0.3, -0.25) is 19.4 Å². The summed E-state index contributed by atoms with van der Waals surface area (Å²) in [6, 6.07) is 8.35. The summed E-state index contributed by atoms with van der Waals surface area (Å²) in [5.74, 6) is -0.737. The molecule has 6 nitrogen and oxygen atoms in total. The molecule has 0 unspecified atom stereocenters. The Kier molecular flexibility index (Phi) is 7.40. The van der Waals surface area contributed by atoms with Crippen LogP contribution in [-0.2, 0) is 16.1 Å². The van der Waals surface area contributed by atoms with E-state index in [0.29, 0.717) is 19.1 Å². The smallest absolute Gasteiger partial charge is 0.317 e. The molecule has 1 aliphatic rings. The van der Waals surface area contributed by atoms with Crippen molar-refractivity contribution in [3.8, 4) is 0 Å². The van der Waals surface area contributed by atoms with Crippen molar-refractivity contribution in [1.29, 1.82) is 0 Å². The van der Waals surface area contributed by atoms with Gasteiger partial charge in [-0.05, 0) is 37.4 Å². The van der Waals surface area contributed by atoms with Gasteiger partial charge in [0, 0.05) is 25.7 Å². The zero-order chi connectivity index (χ0) is 18.2. The number of carboxylic acid groups (broad SMARTS) is 1. The van der Waals surface area contributed by atoms with Gasteiger partial charge in [0.05, 0.1) is 13.1 Å². The lowest BCUT2D eigenvalue weighted by molar-refractivity contribution is -0.139. The fraction of sp³-hybridized carbons (Fsp3) is 0.579. The zero-order valence-corrected chi connectivity index (χ0v) is 15.2. The average molecular weight is 347 g/mol. The number of hydrogen-bond acceptors (Lipinski definition) is 4. The molecule has 25 heavy (non-hydrogen) atoms. The second-order valence-electron chi connectivity index (χ2n) is 6.67. The predicted molar refractivity (Wildman–Crippen MR) is 97.4 cm³/mol. The van der Waals surface area contributed by atoms with Gasteiger partial charge in [-0.1, -0.05) is 31.2 Å². The van der Waals surface area contributed by atoms with E-state index in [0.717, 1.165) is 38.0 Å². The topological polar surface area (TPSA) is 72.9 Å². The molecule has 0 aromatic heterocycles.